The fourth-order valence-electron chi connectivity index (χ4n) is 5.28. The van der Waals surface area contributed by atoms with Crippen LogP contribution in [-0.2, 0) is 0 Å². The van der Waals surface area contributed by atoms with Gasteiger partial charge in [-0.25, -0.2) is 9.97 Å². The van der Waals surface area contributed by atoms with Crippen molar-refractivity contribution in [2.24, 2.45) is 0 Å². The van der Waals surface area contributed by atoms with Crippen LogP contribution in [0.2, 0.25) is 0 Å². The molecule has 48 heavy (non-hydrogen) atoms. The highest BCUT2D eigenvalue weighted by Gasteiger charge is 2.21. The summed E-state index contributed by atoms with van der Waals surface area (Å²) in [5.74, 6) is 0.00225. The van der Waals surface area contributed by atoms with Gasteiger partial charge in [0.2, 0.25) is 0 Å². The average molecular weight is 639 g/mol. The van der Waals surface area contributed by atoms with Crippen molar-refractivity contribution in [2.75, 3.05) is 10.6 Å². The number of nitrogens with zero attached hydrogens (tertiary/aromatic N) is 4. The number of imidazole rings is 2. The van der Waals surface area contributed by atoms with Crippen molar-refractivity contribution in [2.45, 2.75) is 0 Å². The van der Waals surface area contributed by atoms with Gasteiger partial charge >= 0.3 is 0 Å². The number of fused-ring (bicyclic) bond motifs is 2. The second-order valence-electron chi connectivity index (χ2n) is 10.7. The first-order valence-corrected chi connectivity index (χ1v) is 14.4. The lowest BCUT2D eigenvalue weighted by Crippen LogP contribution is -2.13. The number of carbonyl (C=O) groups excluding carboxylic acids is 2. The van der Waals surface area contributed by atoms with Gasteiger partial charge in [0.1, 0.15) is 22.8 Å². The van der Waals surface area contributed by atoms with Gasteiger partial charge in [-0.05, 0) is 72.8 Å². The summed E-state index contributed by atoms with van der Waals surface area (Å²) >= 11 is 0. The average Bonchev–Trinajstić information content (AvgIpc) is 3.72. The molecule has 14 nitrogen and oxygen atoms in total. The molecule has 0 aliphatic carbocycles. The molecule has 0 bridgehead atoms. The monoisotopic (exact) mass is 638 g/mol. The van der Waals surface area contributed by atoms with E-state index in [9.17, 15) is 29.8 Å². The molecule has 0 radical (unpaired) electrons. The Labute approximate surface area is 269 Å². The van der Waals surface area contributed by atoms with Gasteiger partial charge in [0.25, 0.3) is 23.2 Å². The van der Waals surface area contributed by atoms with Crippen molar-refractivity contribution in [3.05, 3.63) is 141 Å². The molecule has 0 aliphatic rings. The molecule has 7 rings (SSSR count). The van der Waals surface area contributed by atoms with E-state index in [2.05, 4.69) is 30.6 Å². The van der Waals surface area contributed by atoms with Gasteiger partial charge in [-0.3, -0.25) is 29.8 Å². The molecule has 2 heterocycles. The normalized spacial score (nSPS) is 11.0. The second-order valence-corrected chi connectivity index (χ2v) is 10.7. The Morgan fingerprint density at radius 1 is 0.562 bits per heavy atom. The Balaban J connectivity index is 1.08. The summed E-state index contributed by atoms with van der Waals surface area (Å²) in [6.07, 6.45) is 0. The van der Waals surface area contributed by atoms with Gasteiger partial charge in [-0.1, -0.05) is 24.3 Å². The number of nitro groups is 2. The van der Waals surface area contributed by atoms with E-state index in [1.807, 2.05) is 18.2 Å². The van der Waals surface area contributed by atoms with Crippen molar-refractivity contribution in [1.29, 1.82) is 0 Å². The standard InChI is InChI=1S/C34H22N8O6/c43-33(23-5-1-3-7-29(23)41(45)46)35-21-12-9-19(10-13-21)31-37-25-15-11-20(17-27(25)39-31)32-38-26-16-14-22(18-28(26)40-32)36-34(44)24-6-2-4-8-30(24)42(47)48/h1-18H,(H,35,43)(H,36,44)(H,37,39)(H,38,40). The number of carbonyl (C=O) groups is 2. The van der Waals surface area contributed by atoms with E-state index in [1.165, 1.54) is 36.4 Å². The molecule has 0 spiro atoms. The van der Waals surface area contributed by atoms with Crippen LogP contribution in [-0.4, -0.2) is 41.6 Å². The Morgan fingerprint density at radius 3 is 1.60 bits per heavy atom. The maximum atomic E-state index is 12.8. The zero-order chi connectivity index (χ0) is 33.4. The van der Waals surface area contributed by atoms with Crippen LogP contribution in [0.1, 0.15) is 20.7 Å². The number of hydrogen-bond donors (Lipinski definition) is 4. The third kappa shape index (κ3) is 5.67. The first kappa shape index (κ1) is 29.5. The van der Waals surface area contributed by atoms with Crippen LogP contribution in [0.5, 0.6) is 0 Å². The fourth-order valence-corrected chi connectivity index (χ4v) is 5.28. The van der Waals surface area contributed by atoms with Crippen LogP contribution < -0.4 is 10.6 Å². The lowest BCUT2D eigenvalue weighted by Gasteiger charge is -2.06. The highest BCUT2D eigenvalue weighted by Crippen LogP contribution is 2.29. The van der Waals surface area contributed by atoms with Crippen LogP contribution >= 0.6 is 0 Å². The molecule has 0 atom stereocenters. The van der Waals surface area contributed by atoms with Gasteiger partial charge in [0.15, 0.2) is 0 Å². The second kappa shape index (κ2) is 11.9. The number of anilines is 2. The lowest BCUT2D eigenvalue weighted by molar-refractivity contribution is -0.385. The van der Waals surface area contributed by atoms with Gasteiger partial charge in [0, 0.05) is 34.6 Å². The van der Waals surface area contributed by atoms with Crippen molar-refractivity contribution >= 4 is 56.6 Å². The van der Waals surface area contributed by atoms with Crippen LogP contribution in [0.3, 0.4) is 0 Å². The first-order chi connectivity index (χ1) is 23.2. The SMILES string of the molecule is O=C(Nc1ccc(-c2nc3ccc(-c4nc5ccc(NC(=O)c6ccccc6[N+](=O)[O-])cc5[nH]4)cc3[nH]2)cc1)c1ccccc1[N+](=O)[O-]. The van der Waals surface area contributed by atoms with Crippen LogP contribution in [0.25, 0.3) is 44.8 Å². The van der Waals surface area contributed by atoms with Crippen LogP contribution in [0.15, 0.2) is 109 Å². The summed E-state index contributed by atoms with van der Waals surface area (Å²) in [4.78, 5) is 62.8. The molecule has 7 aromatic rings. The molecule has 0 saturated carbocycles. The number of para-hydroxylation sites is 2. The molecule has 5 aromatic carbocycles. The number of aromatic amines is 2. The predicted octanol–water partition coefficient (Wildman–Crippen LogP) is 7.09. The van der Waals surface area contributed by atoms with Gasteiger partial charge in [-0.15, -0.1) is 0 Å². The maximum Gasteiger partial charge on any atom is 0.282 e. The van der Waals surface area contributed by atoms with Crippen LogP contribution in [0, 0.1) is 20.2 Å². The van der Waals surface area contributed by atoms with E-state index in [0.717, 1.165) is 22.2 Å². The van der Waals surface area contributed by atoms with E-state index < -0.39 is 21.7 Å². The molecule has 0 unspecified atom stereocenters. The number of benzene rings is 5. The number of H-pyrrole nitrogens is 2. The summed E-state index contributed by atoms with van der Waals surface area (Å²) in [6, 6.07) is 29.2. The number of nitro benzene ring substituents is 2. The molecule has 0 saturated heterocycles. The molecular formula is C34H22N8O6. The molecule has 2 amide bonds. The van der Waals surface area contributed by atoms with Crippen molar-refractivity contribution < 1.29 is 19.4 Å². The number of nitrogens with one attached hydrogen (secondary N) is 4. The maximum absolute atomic E-state index is 12.8. The van der Waals surface area contributed by atoms with Crippen molar-refractivity contribution in [3.63, 3.8) is 0 Å². The van der Waals surface area contributed by atoms with Gasteiger partial charge in [0.05, 0.1) is 31.9 Å². The number of hydrogen-bond acceptors (Lipinski definition) is 8. The predicted molar refractivity (Wildman–Crippen MR) is 179 cm³/mol. The van der Waals surface area contributed by atoms with Gasteiger partial charge in [-0.2, -0.15) is 0 Å². The molecule has 0 aliphatic heterocycles. The van der Waals surface area contributed by atoms with E-state index in [4.69, 9.17) is 0 Å². The van der Waals surface area contributed by atoms with Gasteiger partial charge < -0.3 is 20.6 Å². The van der Waals surface area contributed by atoms with E-state index in [0.29, 0.717) is 34.1 Å². The summed E-state index contributed by atoms with van der Waals surface area (Å²) in [7, 11) is 0. The lowest BCUT2D eigenvalue weighted by atomic mass is 10.1. The van der Waals surface area contributed by atoms with Crippen LogP contribution in [0.4, 0.5) is 22.7 Å². The Morgan fingerprint density at radius 2 is 1.02 bits per heavy atom. The Bertz CT molecular complexity index is 2420. The highest BCUT2D eigenvalue weighted by molar-refractivity contribution is 6.08. The number of amides is 2. The Hall–Kier alpha value is -7.22. The van der Waals surface area contributed by atoms with E-state index in [-0.39, 0.29) is 22.5 Å². The first-order valence-electron chi connectivity index (χ1n) is 14.4. The summed E-state index contributed by atoms with van der Waals surface area (Å²) < 4.78 is 0. The molecule has 234 valence electrons. The molecule has 2 aromatic heterocycles. The molecule has 14 heteroatoms. The fraction of sp³-hybridized carbons (Fsp3) is 0. The summed E-state index contributed by atoms with van der Waals surface area (Å²) in [6.45, 7) is 0. The minimum absolute atomic E-state index is 0.0346. The third-order valence-electron chi connectivity index (χ3n) is 7.60. The van der Waals surface area contributed by atoms with E-state index in [1.54, 1.807) is 54.6 Å². The summed E-state index contributed by atoms with van der Waals surface area (Å²) in [5.41, 5.74) is 4.62. The zero-order valence-corrected chi connectivity index (χ0v) is 24.6. The van der Waals surface area contributed by atoms with Crippen molar-refractivity contribution in [3.8, 4) is 22.8 Å². The molecule has 4 N–H and O–H groups in total. The highest BCUT2D eigenvalue weighted by atomic mass is 16.6. The van der Waals surface area contributed by atoms with E-state index >= 15 is 0 Å². The van der Waals surface area contributed by atoms with Crippen molar-refractivity contribution in [1.82, 2.24) is 19.9 Å². The third-order valence-corrected chi connectivity index (χ3v) is 7.60. The molecule has 0 fully saturated rings. The topological polar surface area (TPSA) is 202 Å². The minimum Gasteiger partial charge on any atom is -0.338 e. The smallest absolute Gasteiger partial charge is 0.282 e. The largest absolute Gasteiger partial charge is 0.338 e. The molecular weight excluding hydrogens is 616 g/mol. The Kier molecular flexibility index (Phi) is 7.34. The summed E-state index contributed by atoms with van der Waals surface area (Å²) in [5, 5.41) is 28.0. The quantitative estimate of drug-likeness (QED) is 0.0997. The minimum atomic E-state index is -0.597. The zero-order valence-electron chi connectivity index (χ0n) is 24.6. The number of aromatic nitrogens is 4. The number of rotatable bonds is 8.